The van der Waals surface area contributed by atoms with Crippen molar-refractivity contribution in [2.75, 3.05) is 0 Å². The second-order valence-electron chi connectivity index (χ2n) is 7.82. The van der Waals surface area contributed by atoms with Crippen LogP contribution in [0, 0.1) is 69.2 Å². The first-order valence-corrected chi connectivity index (χ1v) is 9.61. The molecule has 6 heteroatoms. The minimum atomic E-state index is -1.37. The zero-order chi connectivity index (χ0) is 22.1. The second kappa shape index (κ2) is 9.27. The van der Waals surface area contributed by atoms with Gasteiger partial charge in [-0.05, 0) is 136 Å². The second-order valence-corrected chi connectivity index (χ2v) is 7.82. The molecule has 4 nitrogen and oxygen atoms in total. The maximum atomic E-state index is 9.28. The van der Waals surface area contributed by atoms with E-state index in [1.807, 2.05) is 55.4 Å². The van der Waals surface area contributed by atoms with E-state index in [4.69, 9.17) is 0 Å². The third-order valence-electron chi connectivity index (χ3n) is 6.63. The SMILES string of the molecule is Cc1c(C)c(C)c(B(O)O)c(C)c1C.Cc1c(C)c(C)c(B(O)O)c(C)c1C. The van der Waals surface area contributed by atoms with Gasteiger partial charge in [-0.3, -0.25) is 0 Å². The molecule has 2 aromatic carbocycles. The number of rotatable bonds is 2. The molecule has 0 aliphatic heterocycles. The average molecular weight is 384 g/mol. The van der Waals surface area contributed by atoms with Crippen LogP contribution < -0.4 is 10.9 Å². The molecule has 0 saturated heterocycles. The van der Waals surface area contributed by atoms with Crippen LogP contribution in [-0.2, 0) is 0 Å². The highest BCUT2D eigenvalue weighted by molar-refractivity contribution is 6.60. The Balaban J connectivity index is 0.000000280. The van der Waals surface area contributed by atoms with Gasteiger partial charge >= 0.3 is 14.2 Å². The Morgan fingerprint density at radius 2 is 0.464 bits per heavy atom. The third kappa shape index (κ3) is 4.52. The number of hydrogen-bond acceptors (Lipinski definition) is 4. The van der Waals surface area contributed by atoms with Gasteiger partial charge in [0.2, 0.25) is 0 Å². The molecule has 0 aliphatic carbocycles. The van der Waals surface area contributed by atoms with Crippen molar-refractivity contribution >= 4 is 25.2 Å². The Hall–Kier alpha value is -1.59. The predicted octanol–water partition coefficient (Wildman–Crippen LogP) is 1.82. The van der Waals surface area contributed by atoms with Crippen LogP contribution in [0.3, 0.4) is 0 Å². The lowest BCUT2D eigenvalue weighted by atomic mass is 9.71. The van der Waals surface area contributed by atoms with Crippen LogP contribution in [0.25, 0.3) is 0 Å². The van der Waals surface area contributed by atoms with Crippen molar-refractivity contribution in [3.8, 4) is 0 Å². The molecule has 0 spiro atoms. The van der Waals surface area contributed by atoms with E-state index in [1.54, 1.807) is 0 Å². The summed E-state index contributed by atoms with van der Waals surface area (Å²) in [7, 11) is -2.74. The van der Waals surface area contributed by atoms with Crippen molar-refractivity contribution in [1.29, 1.82) is 0 Å². The van der Waals surface area contributed by atoms with E-state index in [-0.39, 0.29) is 0 Å². The van der Waals surface area contributed by atoms with E-state index < -0.39 is 14.2 Å². The highest BCUT2D eigenvalue weighted by atomic mass is 16.4. The Morgan fingerprint density at radius 1 is 0.321 bits per heavy atom. The molecule has 0 unspecified atom stereocenters. The van der Waals surface area contributed by atoms with Crippen molar-refractivity contribution in [3.63, 3.8) is 0 Å². The van der Waals surface area contributed by atoms with E-state index in [0.29, 0.717) is 10.9 Å². The van der Waals surface area contributed by atoms with Crippen LogP contribution in [0.1, 0.15) is 55.6 Å². The summed E-state index contributed by atoms with van der Waals surface area (Å²) >= 11 is 0. The minimum absolute atomic E-state index is 0.658. The highest BCUT2D eigenvalue weighted by Crippen LogP contribution is 2.20. The quantitative estimate of drug-likeness (QED) is 0.596. The molecule has 0 saturated carbocycles. The summed E-state index contributed by atoms with van der Waals surface area (Å²) in [6, 6.07) is 0. The van der Waals surface area contributed by atoms with Gasteiger partial charge in [-0.2, -0.15) is 0 Å². The molecule has 2 rings (SSSR count). The molecule has 0 aliphatic rings. The predicted molar refractivity (Wildman–Crippen MR) is 120 cm³/mol. The molecule has 0 radical (unpaired) electrons. The summed E-state index contributed by atoms with van der Waals surface area (Å²) < 4.78 is 0. The van der Waals surface area contributed by atoms with Crippen LogP contribution in [0.4, 0.5) is 0 Å². The molecule has 0 atom stereocenters. The normalized spacial score (nSPS) is 10.5. The first-order valence-electron chi connectivity index (χ1n) is 9.61. The highest BCUT2D eigenvalue weighted by Gasteiger charge is 2.21. The smallest absolute Gasteiger partial charge is 0.423 e. The molecular weight excluding hydrogens is 350 g/mol. The molecule has 0 fully saturated rings. The monoisotopic (exact) mass is 384 g/mol. The fraction of sp³-hybridized carbons (Fsp3) is 0.455. The van der Waals surface area contributed by atoms with Gasteiger partial charge in [0.1, 0.15) is 0 Å². The van der Waals surface area contributed by atoms with Gasteiger partial charge in [0.05, 0.1) is 0 Å². The summed E-state index contributed by atoms with van der Waals surface area (Å²) in [4.78, 5) is 0. The van der Waals surface area contributed by atoms with Crippen LogP contribution in [0.15, 0.2) is 0 Å². The maximum absolute atomic E-state index is 9.28. The Kier molecular flexibility index (Phi) is 8.10. The lowest BCUT2D eigenvalue weighted by Gasteiger charge is -2.17. The van der Waals surface area contributed by atoms with Crippen LogP contribution in [-0.4, -0.2) is 34.3 Å². The number of benzene rings is 2. The Morgan fingerprint density at radius 3 is 0.607 bits per heavy atom. The summed E-state index contributed by atoms with van der Waals surface area (Å²) in [5, 5.41) is 37.1. The van der Waals surface area contributed by atoms with Crippen molar-refractivity contribution < 1.29 is 20.1 Å². The van der Waals surface area contributed by atoms with E-state index in [9.17, 15) is 20.1 Å². The van der Waals surface area contributed by atoms with Crippen molar-refractivity contribution in [1.82, 2.24) is 0 Å². The van der Waals surface area contributed by atoms with Gasteiger partial charge in [0, 0.05) is 0 Å². The zero-order valence-corrected chi connectivity index (χ0v) is 18.9. The molecule has 0 heterocycles. The van der Waals surface area contributed by atoms with E-state index in [1.165, 1.54) is 11.1 Å². The molecule has 28 heavy (non-hydrogen) atoms. The van der Waals surface area contributed by atoms with E-state index >= 15 is 0 Å². The Labute approximate surface area is 170 Å². The van der Waals surface area contributed by atoms with Crippen molar-refractivity contribution in [2.45, 2.75) is 69.2 Å². The summed E-state index contributed by atoms with van der Waals surface area (Å²) in [5.74, 6) is 0. The van der Waals surface area contributed by atoms with Gasteiger partial charge in [-0.1, -0.05) is 0 Å². The van der Waals surface area contributed by atoms with Crippen LogP contribution >= 0.6 is 0 Å². The van der Waals surface area contributed by atoms with Gasteiger partial charge < -0.3 is 20.1 Å². The number of hydrogen-bond donors (Lipinski definition) is 4. The summed E-state index contributed by atoms with van der Waals surface area (Å²) in [5.41, 5.74) is 12.3. The fourth-order valence-corrected chi connectivity index (χ4v) is 3.83. The molecule has 2 aromatic rings. The first-order chi connectivity index (χ1) is 12.7. The fourth-order valence-electron chi connectivity index (χ4n) is 3.83. The van der Waals surface area contributed by atoms with Crippen LogP contribution in [0.5, 0.6) is 0 Å². The van der Waals surface area contributed by atoms with Gasteiger partial charge in [-0.25, -0.2) is 0 Å². The zero-order valence-electron chi connectivity index (χ0n) is 18.9. The lowest BCUT2D eigenvalue weighted by Crippen LogP contribution is -2.36. The van der Waals surface area contributed by atoms with Gasteiger partial charge in [0.15, 0.2) is 0 Å². The van der Waals surface area contributed by atoms with Crippen LogP contribution in [0.2, 0.25) is 0 Å². The third-order valence-corrected chi connectivity index (χ3v) is 6.63. The van der Waals surface area contributed by atoms with E-state index in [2.05, 4.69) is 13.8 Å². The maximum Gasteiger partial charge on any atom is 0.488 e. The molecule has 0 bridgehead atoms. The molecular formula is C22H34B2O4. The molecule has 0 aromatic heterocycles. The first kappa shape index (κ1) is 24.4. The largest absolute Gasteiger partial charge is 0.488 e. The van der Waals surface area contributed by atoms with E-state index in [0.717, 1.165) is 44.5 Å². The van der Waals surface area contributed by atoms with Gasteiger partial charge in [0.25, 0.3) is 0 Å². The molecule has 0 amide bonds. The Bertz CT molecular complexity index is 756. The van der Waals surface area contributed by atoms with Crippen molar-refractivity contribution in [3.05, 3.63) is 55.6 Å². The van der Waals surface area contributed by atoms with Crippen molar-refractivity contribution in [2.24, 2.45) is 0 Å². The average Bonchev–Trinajstić information content (AvgIpc) is 2.61. The topological polar surface area (TPSA) is 80.9 Å². The standard InChI is InChI=1S/2C11H17BO2/c2*1-6-7(2)9(4)11(12(13)14)10(5)8(6)3/h2*13-14H,1-5H3. The summed E-state index contributed by atoms with van der Waals surface area (Å²) in [6.45, 7) is 19.9. The minimum Gasteiger partial charge on any atom is -0.423 e. The summed E-state index contributed by atoms with van der Waals surface area (Å²) in [6.07, 6.45) is 0. The molecule has 4 N–H and O–H groups in total. The lowest BCUT2D eigenvalue weighted by molar-refractivity contribution is 0.424. The molecule has 152 valence electrons. The van der Waals surface area contributed by atoms with Gasteiger partial charge in [-0.15, -0.1) is 0 Å².